The zero-order valence-electron chi connectivity index (χ0n) is 12.3. The molecule has 1 N–H and O–H groups in total. The van der Waals surface area contributed by atoms with Gasteiger partial charge in [-0.15, -0.1) is 0 Å². The highest BCUT2D eigenvalue weighted by Gasteiger charge is 2.25. The van der Waals surface area contributed by atoms with E-state index in [1.807, 2.05) is 30.3 Å². The van der Waals surface area contributed by atoms with E-state index in [0.29, 0.717) is 0 Å². The Bertz CT molecular complexity index is 365. The molecule has 3 unspecified atom stereocenters. The number of hydrogen-bond donors (Lipinski definition) is 1. The first-order chi connectivity index (χ1) is 9.22. The lowest BCUT2D eigenvalue weighted by molar-refractivity contribution is 0.0591. The first-order valence-electron chi connectivity index (χ1n) is 7.69. The summed E-state index contributed by atoms with van der Waals surface area (Å²) in [5, 5.41) is 10.5. The van der Waals surface area contributed by atoms with E-state index in [2.05, 4.69) is 18.7 Å². The molecule has 3 atom stereocenters. The predicted octanol–water partition coefficient (Wildman–Crippen LogP) is 3.62. The standard InChI is InChI=1S/C17H27NO/c1-3-15-8-7-12-18(13-11-15)14(2)17(19)16-9-5-4-6-10-16/h4-6,9-10,14-15,17,19H,3,7-8,11-13H2,1-2H3. The monoisotopic (exact) mass is 261 g/mol. The van der Waals surface area contributed by atoms with Crippen molar-refractivity contribution in [2.45, 2.75) is 51.7 Å². The molecule has 1 aromatic rings. The largest absolute Gasteiger partial charge is 0.387 e. The van der Waals surface area contributed by atoms with Gasteiger partial charge in [0.2, 0.25) is 0 Å². The van der Waals surface area contributed by atoms with Gasteiger partial charge in [-0.25, -0.2) is 0 Å². The quantitative estimate of drug-likeness (QED) is 0.895. The average molecular weight is 261 g/mol. The van der Waals surface area contributed by atoms with Gasteiger partial charge in [-0.2, -0.15) is 0 Å². The normalized spacial score (nSPS) is 24.7. The third-order valence-electron chi connectivity index (χ3n) is 4.63. The van der Waals surface area contributed by atoms with Gasteiger partial charge >= 0.3 is 0 Å². The Kier molecular flexibility index (Phi) is 5.41. The van der Waals surface area contributed by atoms with Gasteiger partial charge < -0.3 is 5.11 Å². The van der Waals surface area contributed by atoms with Crippen molar-refractivity contribution < 1.29 is 5.11 Å². The minimum atomic E-state index is -0.376. The molecular weight excluding hydrogens is 234 g/mol. The summed E-state index contributed by atoms with van der Waals surface area (Å²) in [5.74, 6) is 0.881. The lowest BCUT2D eigenvalue weighted by Crippen LogP contribution is -2.38. The van der Waals surface area contributed by atoms with Gasteiger partial charge in [0, 0.05) is 6.04 Å². The summed E-state index contributed by atoms with van der Waals surface area (Å²) in [6.07, 6.45) is 4.82. The van der Waals surface area contributed by atoms with Crippen LogP contribution in [0.4, 0.5) is 0 Å². The molecule has 0 spiro atoms. The van der Waals surface area contributed by atoms with Gasteiger partial charge in [0.15, 0.2) is 0 Å². The highest BCUT2D eigenvalue weighted by atomic mass is 16.3. The fraction of sp³-hybridized carbons (Fsp3) is 0.647. The van der Waals surface area contributed by atoms with E-state index in [0.717, 1.165) is 24.6 Å². The fourth-order valence-corrected chi connectivity index (χ4v) is 3.13. The van der Waals surface area contributed by atoms with Gasteiger partial charge in [-0.1, -0.05) is 43.7 Å². The molecule has 1 saturated heterocycles. The third-order valence-corrected chi connectivity index (χ3v) is 4.63. The topological polar surface area (TPSA) is 23.5 Å². The van der Waals surface area contributed by atoms with E-state index < -0.39 is 0 Å². The van der Waals surface area contributed by atoms with Gasteiger partial charge in [-0.3, -0.25) is 4.90 Å². The second-order valence-corrected chi connectivity index (χ2v) is 5.84. The highest BCUT2D eigenvalue weighted by Crippen LogP contribution is 2.26. The van der Waals surface area contributed by atoms with Crippen LogP contribution in [0.2, 0.25) is 0 Å². The zero-order valence-corrected chi connectivity index (χ0v) is 12.3. The van der Waals surface area contributed by atoms with E-state index >= 15 is 0 Å². The first-order valence-corrected chi connectivity index (χ1v) is 7.69. The summed E-state index contributed by atoms with van der Waals surface area (Å²) in [6.45, 7) is 6.71. The maximum absolute atomic E-state index is 10.5. The summed E-state index contributed by atoms with van der Waals surface area (Å²) in [6, 6.07) is 10.3. The van der Waals surface area contributed by atoms with Gasteiger partial charge in [0.25, 0.3) is 0 Å². The molecule has 1 fully saturated rings. The van der Waals surface area contributed by atoms with Crippen LogP contribution < -0.4 is 0 Å². The van der Waals surface area contributed by atoms with E-state index in [-0.39, 0.29) is 12.1 Å². The minimum Gasteiger partial charge on any atom is -0.387 e. The number of likely N-dealkylation sites (tertiary alicyclic amines) is 1. The Hall–Kier alpha value is -0.860. The molecule has 1 aliphatic rings. The minimum absolute atomic E-state index is 0.206. The molecule has 19 heavy (non-hydrogen) atoms. The van der Waals surface area contributed by atoms with Crippen LogP contribution in [-0.2, 0) is 0 Å². The van der Waals surface area contributed by atoms with Crippen LogP contribution in [-0.4, -0.2) is 29.1 Å². The van der Waals surface area contributed by atoms with Crippen LogP contribution in [0.1, 0.15) is 51.2 Å². The molecule has 2 rings (SSSR count). The van der Waals surface area contributed by atoms with Crippen molar-refractivity contribution in [1.29, 1.82) is 0 Å². The first kappa shape index (κ1) is 14.5. The molecule has 2 nitrogen and oxygen atoms in total. The van der Waals surface area contributed by atoms with Crippen LogP contribution in [0, 0.1) is 5.92 Å². The summed E-state index contributed by atoms with van der Waals surface area (Å²) in [7, 11) is 0. The Morgan fingerprint density at radius 3 is 2.63 bits per heavy atom. The second-order valence-electron chi connectivity index (χ2n) is 5.84. The lowest BCUT2D eigenvalue weighted by Gasteiger charge is -2.31. The maximum Gasteiger partial charge on any atom is 0.0942 e. The molecule has 1 aliphatic heterocycles. The predicted molar refractivity (Wildman–Crippen MR) is 80.1 cm³/mol. The molecule has 1 aromatic carbocycles. The van der Waals surface area contributed by atoms with E-state index in [4.69, 9.17) is 0 Å². The van der Waals surface area contributed by atoms with Crippen molar-refractivity contribution in [2.75, 3.05) is 13.1 Å². The zero-order chi connectivity index (χ0) is 13.7. The van der Waals surface area contributed by atoms with Gasteiger partial charge in [-0.05, 0) is 50.8 Å². The Labute approximate surface area is 117 Å². The summed E-state index contributed by atoms with van der Waals surface area (Å²) in [5.41, 5.74) is 1.03. The van der Waals surface area contributed by atoms with Crippen LogP contribution in [0.5, 0.6) is 0 Å². The summed E-state index contributed by atoms with van der Waals surface area (Å²) in [4.78, 5) is 2.47. The van der Waals surface area contributed by atoms with Crippen molar-refractivity contribution in [3.05, 3.63) is 35.9 Å². The molecule has 0 aromatic heterocycles. The Balaban J connectivity index is 1.97. The summed E-state index contributed by atoms with van der Waals surface area (Å²) >= 11 is 0. The lowest BCUT2D eigenvalue weighted by atomic mass is 9.98. The van der Waals surface area contributed by atoms with Crippen molar-refractivity contribution in [2.24, 2.45) is 5.92 Å². The maximum atomic E-state index is 10.5. The van der Waals surface area contributed by atoms with Crippen molar-refractivity contribution >= 4 is 0 Å². The van der Waals surface area contributed by atoms with Crippen molar-refractivity contribution in [3.8, 4) is 0 Å². The van der Waals surface area contributed by atoms with Crippen LogP contribution in [0.15, 0.2) is 30.3 Å². The second kappa shape index (κ2) is 7.06. The third kappa shape index (κ3) is 3.80. The number of benzene rings is 1. The molecular formula is C17H27NO. The molecule has 0 bridgehead atoms. The number of aliphatic hydroxyl groups is 1. The van der Waals surface area contributed by atoms with Gasteiger partial charge in [0.1, 0.15) is 0 Å². The molecule has 106 valence electrons. The average Bonchev–Trinajstić information content (AvgIpc) is 2.72. The molecule has 0 amide bonds. The SMILES string of the molecule is CCC1CCCN(C(C)C(O)c2ccccc2)CC1. The molecule has 2 heteroatoms. The van der Waals surface area contributed by atoms with E-state index in [1.54, 1.807) is 0 Å². The van der Waals surface area contributed by atoms with E-state index in [9.17, 15) is 5.11 Å². The Morgan fingerprint density at radius 1 is 1.21 bits per heavy atom. The molecule has 0 saturated carbocycles. The van der Waals surface area contributed by atoms with Crippen LogP contribution >= 0.6 is 0 Å². The van der Waals surface area contributed by atoms with Crippen LogP contribution in [0.3, 0.4) is 0 Å². The van der Waals surface area contributed by atoms with Crippen molar-refractivity contribution in [1.82, 2.24) is 4.90 Å². The number of nitrogens with zero attached hydrogens (tertiary/aromatic N) is 1. The number of hydrogen-bond acceptors (Lipinski definition) is 2. The van der Waals surface area contributed by atoms with Gasteiger partial charge in [0.05, 0.1) is 6.10 Å². The number of rotatable bonds is 4. The molecule has 0 radical (unpaired) electrons. The smallest absolute Gasteiger partial charge is 0.0942 e. The number of aliphatic hydroxyl groups excluding tert-OH is 1. The molecule has 1 heterocycles. The fourth-order valence-electron chi connectivity index (χ4n) is 3.13. The van der Waals surface area contributed by atoms with E-state index in [1.165, 1.54) is 25.7 Å². The molecule has 0 aliphatic carbocycles. The highest BCUT2D eigenvalue weighted by molar-refractivity contribution is 5.18. The van der Waals surface area contributed by atoms with Crippen LogP contribution in [0.25, 0.3) is 0 Å². The van der Waals surface area contributed by atoms with Crippen molar-refractivity contribution in [3.63, 3.8) is 0 Å². The Morgan fingerprint density at radius 2 is 1.95 bits per heavy atom. The summed E-state index contributed by atoms with van der Waals surface area (Å²) < 4.78 is 0.